The number of amides is 3. The van der Waals surface area contributed by atoms with Crippen LogP contribution in [0.4, 0.5) is 5.69 Å². The maximum atomic E-state index is 13.3. The van der Waals surface area contributed by atoms with Gasteiger partial charge in [0.1, 0.15) is 11.8 Å². The first kappa shape index (κ1) is 21.3. The van der Waals surface area contributed by atoms with Crippen LogP contribution in [0.15, 0.2) is 84.9 Å². The summed E-state index contributed by atoms with van der Waals surface area (Å²) in [4.78, 5) is 42.2. The van der Waals surface area contributed by atoms with E-state index in [4.69, 9.17) is 4.74 Å². The van der Waals surface area contributed by atoms with E-state index in [1.165, 1.54) is 4.90 Å². The summed E-state index contributed by atoms with van der Waals surface area (Å²) in [6, 6.07) is 24.8. The third kappa shape index (κ3) is 4.54. The number of carbonyl (C=O) groups is 3. The Morgan fingerprint density at radius 1 is 0.906 bits per heavy atom. The molecule has 1 aliphatic heterocycles. The van der Waals surface area contributed by atoms with E-state index in [1.807, 2.05) is 60.7 Å². The number of carbonyl (C=O) groups excluding carboxylic acids is 3. The van der Waals surface area contributed by atoms with Crippen molar-refractivity contribution in [2.24, 2.45) is 0 Å². The Kier molecular flexibility index (Phi) is 6.31. The zero-order valence-electron chi connectivity index (χ0n) is 17.8. The highest BCUT2D eigenvalue weighted by Gasteiger charge is 2.44. The lowest BCUT2D eigenvalue weighted by atomic mass is 10.1. The lowest BCUT2D eigenvalue weighted by molar-refractivity contribution is -0.138. The second-order valence-electron chi connectivity index (χ2n) is 7.65. The lowest BCUT2D eigenvalue weighted by Gasteiger charge is -2.28. The molecule has 0 saturated carbocycles. The van der Waals surface area contributed by atoms with Gasteiger partial charge in [-0.1, -0.05) is 60.7 Å². The summed E-state index contributed by atoms with van der Waals surface area (Å²) in [5.41, 5.74) is 2.23. The van der Waals surface area contributed by atoms with Crippen LogP contribution in [0.1, 0.15) is 17.5 Å². The molecule has 162 valence electrons. The fourth-order valence-electron chi connectivity index (χ4n) is 3.89. The van der Waals surface area contributed by atoms with Gasteiger partial charge in [0.25, 0.3) is 5.91 Å². The van der Waals surface area contributed by atoms with Gasteiger partial charge in [-0.25, -0.2) is 4.90 Å². The van der Waals surface area contributed by atoms with Gasteiger partial charge in [0.05, 0.1) is 25.6 Å². The van der Waals surface area contributed by atoms with E-state index >= 15 is 0 Å². The molecule has 0 bridgehead atoms. The van der Waals surface area contributed by atoms with Crippen LogP contribution >= 0.6 is 0 Å². The number of hydrogen-bond donors (Lipinski definition) is 0. The number of imide groups is 1. The number of hydrogen-bond acceptors (Lipinski definition) is 4. The van der Waals surface area contributed by atoms with Gasteiger partial charge in [-0.15, -0.1) is 0 Å². The molecule has 0 radical (unpaired) electrons. The molecule has 32 heavy (non-hydrogen) atoms. The molecule has 0 spiro atoms. The highest BCUT2D eigenvalue weighted by molar-refractivity contribution is 6.23. The molecular formula is C26H24N2O4. The summed E-state index contributed by atoms with van der Waals surface area (Å²) in [5.74, 6) is -0.274. The van der Waals surface area contributed by atoms with E-state index < -0.39 is 11.9 Å². The molecule has 3 amide bonds. The van der Waals surface area contributed by atoms with E-state index in [9.17, 15) is 14.4 Å². The van der Waals surface area contributed by atoms with Crippen LogP contribution in [0.3, 0.4) is 0 Å². The van der Waals surface area contributed by atoms with Gasteiger partial charge in [0.15, 0.2) is 0 Å². The van der Waals surface area contributed by atoms with Gasteiger partial charge in [-0.05, 0) is 35.4 Å². The summed E-state index contributed by atoms with van der Waals surface area (Å²) in [7, 11) is 1.55. The van der Waals surface area contributed by atoms with Gasteiger partial charge < -0.3 is 9.64 Å². The summed E-state index contributed by atoms with van der Waals surface area (Å²) in [6.45, 7) is 0.257. The van der Waals surface area contributed by atoms with Crippen molar-refractivity contribution in [1.29, 1.82) is 0 Å². The molecule has 0 N–H and O–H groups in total. The van der Waals surface area contributed by atoms with Crippen LogP contribution in [0.2, 0.25) is 0 Å². The maximum absolute atomic E-state index is 13.3. The Hall–Kier alpha value is -3.93. The van der Waals surface area contributed by atoms with Crippen molar-refractivity contribution >= 4 is 23.4 Å². The fraction of sp³-hybridized carbons (Fsp3) is 0.192. The minimum absolute atomic E-state index is 0.0434. The van der Waals surface area contributed by atoms with E-state index in [-0.39, 0.29) is 31.2 Å². The average molecular weight is 428 g/mol. The van der Waals surface area contributed by atoms with Gasteiger partial charge in [-0.3, -0.25) is 14.4 Å². The second-order valence-corrected chi connectivity index (χ2v) is 7.65. The van der Waals surface area contributed by atoms with E-state index in [2.05, 4.69) is 0 Å². The predicted molar refractivity (Wildman–Crippen MR) is 121 cm³/mol. The minimum Gasteiger partial charge on any atom is -0.497 e. The molecule has 0 aliphatic carbocycles. The number of methoxy groups -OCH3 is 1. The van der Waals surface area contributed by atoms with Crippen molar-refractivity contribution in [1.82, 2.24) is 4.90 Å². The van der Waals surface area contributed by atoms with Crippen molar-refractivity contribution in [3.8, 4) is 5.75 Å². The van der Waals surface area contributed by atoms with Gasteiger partial charge in [-0.2, -0.15) is 0 Å². The topological polar surface area (TPSA) is 66.9 Å². The number of ether oxygens (including phenoxy) is 1. The Morgan fingerprint density at radius 3 is 2.09 bits per heavy atom. The fourth-order valence-corrected chi connectivity index (χ4v) is 3.89. The van der Waals surface area contributed by atoms with Crippen molar-refractivity contribution in [2.75, 3.05) is 12.0 Å². The zero-order valence-corrected chi connectivity index (χ0v) is 17.8. The molecular weight excluding hydrogens is 404 g/mol. The molecule has 3 aromatic carbocycles. The van der Waals surface area contributed by atoms with Crippen molar-refractivity contribution in [2.45, 2.75) is 25.4 Å². The lowest BCUT2D eigenvalue weighted by Crippen LogP contribution is -2.45. The van der Waals surface area contributed by atoms with Crippen LogP contribution in [-0.4, -0.2) is 35.8 Å². The SMILES string of the molecule is COc1ccc(N2C(=O)CC(N(Cc3ccccc3)C(=O)Cc3ccccc3)C2=O)cc1. The van der Waals surface area contributed by atoms with Crippen LogP contribution < -0.4 is 9.64 Å². The maximum Gasteiger partial charge on any atom is 0.257 e. The molecule has 1 saturated heterocycles. The Bertz CT molecular complexity index is 1100. The monoisotopic (exact) mass is 428 g/mol. The summed E-state index contributed by atoms with van der Waals surface area (Å²) in [5, 5.41) is 0. The third-order valence-electron chi connectivity index (χ3n) is 5.54. The van der Waals surface area contributed by atoms with Crippen molar-refractivity contribution in [3.63, 3.8) is 0 Å². The first-order chi connectivity index (χ1) is 15.6. The standard InChI is InChI=1S/C26H24N2O4/c1-32-22-14-12-21(13-15-22)28-25(30)17-23(26(28)31)27(18-20-10-6-3-7-11-20)24(29)16-19-8-4-2-5-9-19/h2-15,23H,16-18H2,1H3. The normalized spacial score (nSPS) is 15.7. The van der Waals surface area contributed by atoms with Crippen molar-refractivity contribution in [3.05, 3.63) is 96.1 Å². The molecule has 4 rings (SSSR count). The van der Waals surface area contributed by atoms with Gasteiger partial charge in [0, 0.05) is 6.54 Å². The number of rotatable bonds is 7. The summed E-state index contributed by atoms with van der Waals surface area (Å²) >= 11 is 0. The molecule has 6 heteroatoms. The Morgan fingerprint density at radius 2 is 1.50 bits per heavy atom. The number of benzene rings is 3. The number of nitrogens with zero attached hydrogens (tertiary/aromatic N) is 2. The minimum atomic E-state index is -0.846. The van der Waals surface area contributed by atoms with E-state index in [1.54, 1.807) is 31.4 Å². The van der Waals surface area contributed by atoms with Crippen LogP contribution in [0.5, 0.6) is 5.75 Å². The van der Waals surface area contributed by atoms with Crippen LogP contribution in [0.25, 0.3) is 0 Å². The summed E-state index contributed by atoms with van der Waals surface area (Å²) in [6.07, 6.45) is 0.117. The zero-order chi connectivity index (χ0) is 22.5. The molecule has 1 atom stereocenters. The first-order valence-electron chi connectivity index (χ1n) is 10.4. The van der Waals surface area contributed by atoms with Crippen LogP contribution in [-0.2, 0) is 27.3 Å². The first-order valence-corrected chi connectivity index (χ1v) is 10.4. The highest BCUT2D eigenvalue weighted by atomic mass is 16.5. The molecule has 3 aromatic rings. The average Bonchev–Trinajstić information content (AvgIpc) is 3.12. The number of anilines is 1. The third-order valence-corrected chi connectivity index (χ3v) is 5.54. The van der Waals surface area contributed by atoms with Crippen molar-refractivity contribution < 1.29 is 19.1 Å². The molecule has 1 unspecified atom stereocenters. The van der Waals surface area contributed by atoms with E-state index in [0.717, 1.165) is 16.0 Å². The van der Waals surface area contributed by atoms with Gasteiger partial charge in [0.2, 0.25) is 11.8 Å². The highest BCUT2D eigenvalue weighted by Crippen LogP contribution is 2.28. The molecule has 1 aliphatic rings. The van der Waals surface area contributed by atoms with Crippen LogP contribution in [0, 0.1) is 0 Å². The quantitative estimate of drug-likeness (QED) is 0.540. The molecule has 1 fully saturated rings. The largest absolute Gasteiger partial charge is 0.497 e. The predicted octanol–water partition coefficient (Wildman–Crippen LogP) is 3.60. The Labute approximate surface area is 187 Å². The summed E-state index contributed by atoms with van der Waals surface area (Å²) < 4.78 is 5.16. The smallest absolute Gasteiger partial charge is 0.257 e. The van der Waals surface area contributed by atoms with Gasteiger partial charge >= 0.3 is 0 Å². The second kappa shape index (κ2) is 9.47. The Balaban J connectivity index is 1.61. The molecule has 1 heterocycles. The molecule has 0 aromatic heterocycles. The van der Waals surface area contributed by atoms with E-state index in [0.29, 0.717) is 11.4 Å². The molecule has 6 nitrogen and oxygen atoms in total.